The zero-order valence-corrected chi connectivity index (χ0v) is 13.4. The fourth-order valence-electron chi connectivity index (χ4n) is 2.15. The van der Waals surface area contributed by atoms with Crippen molar-refractivity contribution in [3.63, 3.8) is 0 Å². The second-order valence-electron chi connectivity index (χ2n) is 5.18. The van der Waals surface area contributed by atoms with Gasteiger partial charge in [0.05, 0.1) is 0 Å². The van der Waals surface area contributed by atoms with Crippen molar-refractivity contribution in [1.29, 1.82) is 0 Å². The Morgan fingerprint density at radius 1 is 1.05 bits per heavy atom. The van der Waals surface area contributed by atoms with Crippen molar-refractivity contribution < 1.29 is 4.74 Å². The Bertz CT molecular complexity index is 816. The number of hydrogen-bond acceptors (Lipinski definition) is 3. The monoisotopic (exact) mass is 311 g/mol. The first-order chi connectivity index (χ1) is 10.6. The Morgan fingerprint density at radius 3 is 2.18 bits per heavy atom. The molecule has 0 saturated heterocycles. The van der Waals surface area contributed by atoms with Gasteiger partial charge in [0, 0.05) is 7.05 Å². The molecule has 0 aliphatic carbocycles. The fourth-order valence-corrected chi connectivity index (χ4v) is 2.30. The molecule has 1 heterocycles. The molecule has 3 aromatic rings. The van der Waals surface area contributed by atoms with Crippen molar-refractivity contribution in [3.8, 4) is 16.9 Å². The molecule has 1 aromatic heterocycles. The summed E-state index contributed by atoms with van der Waals surface area (Å²) in [7, 11) is 1.87. The molecule has 0 atom stereocenters. The van der Waals surface area contributed by atoms with Crippen LogP contribution >= 0.6 is 12.2 Å². The molecule has 0 aliphatic rings. The van der Waals surface area contributed by atoms with Gasteiger partial charge < -0.3 is 9.30 Å². The van der Waals surface area contributed by atoms with Crippen LogP contribution in [0.2, 0.25) is 0 Å². The number of aromatic nitrogens is 3. The van der Waals surface area contributed by atoms with E-state index >= 15 is 0 Å². The van der Waals surface area contributed by atoms with E-state index < -0.39 is 0 Å². The molecule has 0 unspecified atom stereocenters. The van der Waals surface area contributed by atoms with Crippen molar-refractivity contribution in [2.45, 2.75) is 13.5 Å². The molecule has 4 nitrogen and oxygen atoms in total. The van der Waals surface area contributed by atoms with Crippen LogP contribution in [-0.2, 0) is 13.7 Å². The van der Waals surface area contributed by atoms with Crippen LogP contribution in [0.4, 0.5) is 0 Å². The largest absolute Gasteiger partial charge is 0.486 e. The maximum Gasteiger partial charge on any atom is 0.194 e. The Morgan fingerprint density at radius 2 is 1.64 bits per heavy atom. The van der Waals surface area contributed by atoms with Crippen molar-refractivity contribution in [3.05, 3.63) is 64.7 Å². The van der Waals surface area contributed by atoms with E-state index in [1.165, 1.54) is 16.7 Å². The van der Waals surface area contributed by atoms with Gasteiger partial charge in [0.2, 0.25) is 0 Å². The summed E-state index contributed by atoms with van der Waals surface area (Å²) >= 11 is 5.07. The van der Waals surface area contributed by atoms with Crippen LogP contribution in [0.5, 0.6) is 5.75 Å². The van der Waals surface area contributed by atoms with Crippen LogP contribution in [0.15, 0.2) is 48.5 Å². The van der Waals surface area contributed by atoms with Gasteiger partial charge in [-0.3, -0.25) is 5.10 Å². The van der Waals surface area contributed by atoms with Crippen LogP contribution in [0.3, 0.4) is 0 Å². The zero-order chi connectivity index (χ0) is 15.5. The van der Waals surface area contributed by atoms with E-state index in [1.54, 1.807) is 4.57 Å². The van der Waals surface area contributed by atoms with E-state index in [-0.39, 0.29) is 0 Å². The van der Waals surface area contributed by atoms with E-state index in [4.69, 9.17) is 17.0 Å². The molecule has 0 amide bonds. The normalized spacial score (nSPS) is 10.6. The highest BCUT2D eigenvalue weighted by molar-refractivity contribution is 7.71. The summed E-state index contributed by atoms with van der Waals surface area (Å²) in [6, 6.07) is 16.5. The molecule has 0 spiro atoms. The van der Waals surface area contributed by atoms with Crippen molar-refractivity contribution >= 4 is 12.2 Å². The van der Waals surface area contributed by atoms with Crippen LogP contribution in [-0.4, -0.2) is 14.8 Å². The lowest BCUT2D eigenvalue weighted by molar-refractivity contribution is 0.291. The molecule has 0 bridgehead atoms. The van der Waals surface area contributed by atoms with Gasteiger partial charge in [-0.2, -0.15) is 5.10 Å². The number of aromatic amines is 1. The predicted molar refractivity (Wildman–Crippen MR) is 89.3 cm³/mol. The van der Waals surface area contributed by atoms with Gasteiger partial charge >= 0.3 is 0 Å². The number of benzene rings is 2. The summed E-state index contributed by atoms with van der Waals surface area (Å²) in [5.74, 6) is 1.58. The lowest BCUT2D eigenvalue weighted by Crippen LogP contribution is -2.03. The predicted octanol–water partition coefficient (Wildman–Crippen LogP) is 4.03. The molecule has 112 valence electrons. The average Bonchev–Trinajstić information content (AvgIpc) is 2.86. The first-order valence-corrected chi connectivity index (χ1v) is 7.44. The quantitative estimate of drug-likeness (QED) is 0.740. The van der Waals surface area contributed by atoms with Crippen LogP contribution in [0.1, 0.15) is 11.4 Å². The minimum atomic E-state index is 0.382. The Hall–Kier alpha value is -2.40. The first-order valence-electron chi connectivity index (χ1n) is 7.03. The van der Waals surface area contributed by atoms with Gasteiger partial charge in [0.1, 0.15) is 12.4 Å². The van der Waals surface area contributed by atoms with E-state index in [0.29, 0.717) is 11.4 Å². The molecule has 0 aliphatic heterocycles. The number of H-pyrrole nitrogens is 1. The van der Waals surface area contributed by atoms with Gasteiger partial charge in [-0.25, -0.2) is 0 Å². The summed E-state index contributed by atoms with van der Waals surface area (Å²) in [6.45, 7) is 2.47. The Kier molecular flexibility index (Phi) is 4.06. The second-order valence-corrected chi connectivity index (χ2v) is 5.57. The number of aryl methyl sites for hydroxylation is 1. The Balaban J connectivity index is 1.70. The molecule has 0 radical (unpaired) electrons. The zero-order valence-electron chi connectivity index (χ0n) is 12.5. The molecular formula is C17H17N3OS. The highest BCUT2D eigenvalue weighted by Crippen LogP contribution is 2.23. The van der Waals surface area contributed by atoms with Gasteiger partial charge in [-0.1, -0.05) is 42.0 Å². The standard InChI is InChI=1S/C17H17N3OS/c1-12-3-5-13(6-4-12)14-7-9-15(10-8-14)21-11-16-18-19-17(22)20(16)2/h3-10H,11H2,1-2H3,(H,19,22). The first kappa shape index (κ1) is 14.5. The molecule has 5 heteroatoms. The maximum atomic E-state index is 5.75. The minimum absolute atomic E-state index is 0.382. The maximum absolute atomic E-state index is 5.75. The SMILES string of the molecule is Cc1ccc(-c2ccc(OCc3n[nH]c(=S)n3C)cc2)cc1. The number of nitrogens with zero attached hydrogens (tertiary/aromatic N) is 2. The molecule has 0 fully saturated rings. The summed E-state index contributed by atoms with van der Waals surface area (Å²) in [4.78, 5) is 0. The van der Waals surface area contributed by atoms with Crippen molar-refractivity contribution in [1.82, 2.24) is 14.8 Å². The third-order valence-corrected chi connectivity index (χ3v) is 3.94. The van der Waals surface area contributed by atoms with Crippen LogP contribution < -0.4 is 4.74 Å². The van der Waals surface area contributed by atoms with E-state index in [1.807, 2.05) is 19.2 Å². The molecule has 2 aromatic carbocycles. The van der Waals surface area contributed by atoms with Crippen LogP contribution in [0.25, 0.3) is 11.1 Å². The lowest BCUT2D eigenvalue weighted by Gasteiger charge is -2.07. The summed E-state index contributed by atoms with van der Waals surface area (Å²) < 4.78 is 8.14. The molecule has 0 saturated carbocycles. The van der Waals surface area contributed by atoms with Crippen LogP contribution in [0, 0.1) is 11.7 Å². The van der Waals surface area contributed by atoms with Gasteiger partial charge in [0.25, 0.3) is 0 Å². The minimum Gasteiger partial charge on any atom is -0.486 e. The fraction of sp³-hybridized carbons (Fsp3) is 0.176. The smallest absolute Gasteiger partial charge is 0.194 e. The van der Waals surface area contributed by atoms with Gasteiger partial charge in [-0.05, 0) is 42.4 Å². The highest BCUT2D eigenvalue weighted by Gasteiger charge is 2.04. The van der Waals surface area contributed by atoms with E-state index in [9.17, 15) is 0 Å². The Labute approximate surface area is 134 Å². The third kappa shape index (κ3) is 3.09. The van der Waals surface area contributed by atoms with Crippen molar-refractivity contribution in [2.24, 2.45) is 7.05 Å². The van der Waals surface area contributed by atoms with Gasteiger partial charge in [0.15, 0.2) is 10.6 Å². The molecule has 3 rings (SSSR count). The number of nitrogens with one attached hydrogen (secondary N) is 1. The number of rotatable bonds is 4. The van der Waals surface area contributed by atoms with E-state index in [0.717, 1.165) is 11.6 Å². The average molecular weight is 311 g/mol. The van der Waals surface area contributed by atoms with Crippen molar-refractivity contribution in [2.75, 3.05) is 0 Å². The van der Waals surface area contributed by atoms with Gasteiger partial charge in [-0.15, -0.1) is 0 Å². The lowest BCUT2D eigenvalue weighted by atomic mass is 10.0. The highest BCUT2D eigenvalue weighted by atomic mass is 32.1. The topological polar surface area (TPSA) is 42.8 Å². The third-order valence-electron chi connectivity index (χ3n) is 3.58. The summed E-state index contributed by atoms with van der Waals surface area (Å²) in [6.07, 6.45) is 0. The summed E-state index contributed by atoms with van der Waals surface area (Å²) in [5.41, 5.74) is 3.63. The molecule has 1 N–H and O–H groups in total. The van der Waals surface area contributed by atoms with E-state index in [2.05, 4.69) is 53.5 Å². The molecule has 22 heavy (non-hydrogen) atoms. The number of ether oxygens (including phenoxy) is 1. The second kappa shape index (κ2) is 6.15. The summed E-state index contributed by atoms with van der Waals surface area (Å²) in [5, 5.41) is 6.87. The number of hydrogen-bond donors (Lipinski definition) is 1. The molecular weight excluding hydrogens is 294 g/mol.